The van der Waals surface area contributed by atoms with Gasteiger partial charge in [-0.1, -0.05) is 13.8 Å². The summed E-state index contributed by atoms with van der Waals surface area (Å²) in [4.78, 5) is 8.96. The van der Waals surface area contributed by atoms with Gasteiger partial charge in [-0.15, -0.1) is 0 Å². The van der Waals surface area contributed by atoms with Gasteiger partial charge in [-0.05, 0) is 48.1 Å². The minimum Gasteiger partial charge on any atom is -0.264 e. The highest BCUT2D eigenvalue weighted by Crippen LogP contribution is 2.23. The van der Waals surface area contributed by atoms with E-state index in [9.17, 15) is 0 Å². The van der Waals surface area contributed by atoms with Crippen LogP contribution in [0.15, 0.2) is 36.7 Å². The third kappa shape index (κ3) is 1.74. The third-order valence-corrected chi connectivity index (χ3v) is 3.46. The van der Waals surface area contributed by atoms with Crippen LogP contribution in [0, 0.1) is 0 Å². The molecule has 18 heavy (non-hydrogen) atoms. The Kier molecular flexibility index (Phi) is 2.71. The number of fused-ring (bicyclic) bond motifs is 2. The Bertz CT molecular complexity index is 655. The summed E-state index contributed by atoms with van der Waals surface area (Å²) >= 11 is 0. The first-order chi connectivity index (χ1) is 8.81. The van der Waals surface area contributed by atoms with Gasteiger partial charge in [0.15, 0.2) is 0 Å². The van der Waals surface area contributed by atoms with Crippen molar-refractivity contribution in [2.24, 2.45) is 0 Å². The van der Waals surface area contributed by atoms with E-state index >= 15 is 0 Å². The van der Waals surface area contributed by atoms with Crippen LogP contribution in [0.2, 0.25) is 0 Å². The Labute approximate surface area is 107 Å². The van der Waals surface area contributed by atoms with Gasteiger partial charge in [-0.2, -0.15) is 0 Å². The van der Waals surface area contributed by atoms with Gasteiger partial charge in [-0.25, -0.2) is 0 Å². The average molecular weight is 236 g/mol. The molecule has 0 fully saturated rings. The fraction of sp³-hybridized carbons (Fsp3) is 0.250. The van der Waals surface area contributed by atoms with Crippen molar-refractivity contribution in [2.45, 2.75) is 26.7 Å². The van der Waals surface area contributed by atoms with E-state index in [1.807, 2.05) is 18.5 Å². The van der Waals surface area contributed by atoms with Crippen LogP contribution in [0.1, 0.15) is 25.1 Å². The van der Waals surface area contributed by atoms with Crippen LogP contribution in [0.3, 0.4) is 0 Å². The van der Waals surface area contributed by atoms with Crippen LogP contribution in [-0.4, -0.2) is 9.97 Å². The zero-order valence-electron chi connectivity index (χ0n) is 10.8. The van der Waals surface area contributed by atoms with Crippen LogP contribution in [0.25, 0.3) is 21.7 Å². The Morgan fingerprint density at radius 3 is 2.61 bits per heavy atom. The fourth-order valence-corrected chi connectivity index (χ4v) is 2.45. The Hall–Kier alpha value is -1.96. The molecule has 0 atom stereocenters. The number of pyridine rings is 2. The maximum Gasteiger partial charge on any atom is 0.0712 e. The quantitative estimate of drug-likeness (QED) is 0.630. The van der Waals surface area contributed by atoms with Gasteiger partial charge in [0.05, 0.1) is 5.52 Å². The topological polar surface area (TPSA) is 25.8 Å². The van der Waals surface area contributed by atoms with Crippen molar-refractivity contribution in [3.63, 3.8) is 0 Å². The van der Waals surface area contributed by atoms with Crippen LogP contribution in [-0.2, 0) is 12.8 Å². The first kappa shape index (κ1) is 11.1. The molecule has 0 spiro atoms. The lowest BCUT2D eigenvalue weighted by Crippen LogP contribution is -1.96. The molecule has 1 aromatic carbocycles. The highest BCUT2D eigenvalue weighted by molar-refractivity contribution is 5.96. The van der Waals surface area contributed by atoms with Gasteiger partial charge >= 0.3 is 0 Å². The highest BCUT2D eigenvalue weighted by atomic mass is 14.7. The van der Waals surface area contributed by atoms with Crippen LogP contribution >= 0.6 is 0 Å². The predicted octanol–water partition coefficient (Wildman–Crippen LogP) is 3.91. The first-order valence-corrected chi connectivity index (χ1v) is 6.48. The molecule has 2 nitrogen and oxygen atoms in total. The second-order valence-corrected chi connectivity index (χ2v) is 4.57. The average Bonchev–Trinajstić information content (AvgIpc) is 2.43. The highest BCUT2D eigenvalue weighted by Gasteiger charge is 2.05. The van der Waals surface area contributed by atoms with Crippen LogP contribution in [0.5, 0.6) is 0 Å². The lowest BCUT2D eigenvalue weighted by atomic mass is 10.0. The van der Waals surface area contributed by atoms with Crippen LogP contribution in [0.4, 0.5) is 0 Å². The van der Waals surface area contributed by atoms with Crippen molar-refractivity contribution in [2.75, 3.05) is 0 Å². The monoisotopic (exact) mass is 236 g/mol. The molecule has 0 saturated carbocycles. The van der Waals surface area contributed by atoms with Gasteiger partial charge in [0.1, 0.15) is 0 Å². The predicted molar refractivity (Wildman–Crippen MR) is 75.8 cm³/mol. The molecule has 2 aromatic heterocycles. The number of aryl methyl sites for hydroxylation is 2. The standard InChI is InChI=1S/C16H16N2/c1-3-11-7-13-8-12-5-6-17-10-14(12)9-16(13)18-15(11)4-2/h5-10H,3-4H2,1-2H3. The molecule has 0 unspecified atom stereocenters. The number of benzene rings is 1. The smallest absolute Gasteiger partial charge is 0.0712 e. The molecule has 2 heteroatoms. The molecule has 0 saturated heterocycles. The van der Waals surface area contributed by atoms with Gasteiger partial charge in [0.2, 0.25) is 0 Å². The SMILES string of the molecule is CCc1cc2cc3ccncc3cc2nc1CC. The van der Waals surface area contributed by atoms with E-state index in [1.54, 1.807) is 0 Å². The minimum absolute atomic E-state index is 0.990. The number of nitrogens with zero attached hydrogens (tertiary/aromatic N) is 2. The summed E-state index contributed by atoms with van der Waals surface area (Å²) in [7, 11) is 0. The summed E-state index contributed by atoms with van der Waals surface area (Å²) in [5, 5.41) is 3.61. The van der Waals surface area contributed by atoms with E-state index in [1.165, 1.54) is 22.0 Å². The van der Waals surface area contributed by atoms with E-state index < -0.39 is 0 Å². The van der Waals surface area contributed by atoms with E-state index in [-0.39, 0.29) is 0 Å². The molecule has 90 valence electrons. The van der Waals surface area contributed by atoms with E-state index in [0.717, 1.165) is 23.7 Å². The molecular formula is C16H16N2. The normalized spacial score (nSPS) is 11.2. The summed E-state index contributed by atoms with van der Waals surface area (Å²) < 4.78 is 0. The number of hydrogen-bond donors (Lipinski definition) is 0. The van der Waals surface area contributed by atoms with Crippen molar-refractivity contribution in [1.29, 1.82) is 0 Å². The zero-order valence-corrected chi connectivity index (χ0v) is 10.8. The van der Waals surface area contributed by atoms with E-state index in [2.05, 4.69) is 37.0 Å². The maximum absolute atomic E-state index is 4.79. The summed E-state index contributed by atoms with van der Waals surface area (Å²) in [6, 6.07) is 8.67. The Morgan fingerprint density at radius 2 is 1.83 bits per heavy atom. The lowest BCUT2D eigenvalue weighted by molar-refractivity contribution is 0.982. The molecule has 0 aliphatic rings. The minimum atomic E-state index is 0.990. The molecule has 0 N–H and O–H groups in total. The molecular weight excluding hydrogens is 220 g/mol. The summed E-state index contributed by atoms with van der Waals surface area (Å²) in [6.07, 6.45) is 5.77. The summed E-state index contributed by atoms with van der Waals surface area (Å²) in [5.41, 5.74) is 3.65. The second-order valence-electron chi connectivity index (χ2n) is 4.57. The van der Waals surface area contributed by atoms with Gasteiger partial charge in [0.25, 0.3) is 0 Å². The van der Waals surface area contributed by atoms with Gasteiger partial charge in [0, 0.05) is 28.9 Å². The number of rotatable bonds is 2. The Morgan fingerprint density at radius 1 is 0.944 bits per heavy atom. The molecule has 3 aromatic rings. The van der Waals surface area contributed by atoms with Crippen LogP contribution < -0.4 is 0 Å². The second kappa shape index (κ2) is 4.37. The lowest BCUT2D eigenvalue weighted by Gasteiger charge is -2.08. The first-order valence-electron chi connectivity index (χ1n) is 6.48. The Balaban J connectivity index is 2.36. The maximum atomic E-state index is 4.79. The van der Waals surface area contributed by atoms with E-state index in [4.69, 9.17) is 4.98 Å². The molecule has 3 rings (SSSR count). The molecule has 0 bridgehead atoms. The third-order valence-electron chi connectivity index (χ3n) is 3.46. The van der Waals surface area contributed by atoms with E-state index in [0.29, 0.717) is 0 Å². The zero-order chi connectivity index (χ0) is 12.5. The van der Waals surface area contributed by atoms with Crippen molar-refractivity contribution < 1.29 is 0 Å². The molecule has 0 aliphatic heterocycles. The van der Waals surface area contributed by atoms with Crippen molar-refractivity contribution in [3.8, 4) is 0 Å². The fourth-order valence-electron chi connectivity index (χ4n) is 2.45. The van der Waals surface area contributed by atoms with Crippen molar-refractivity contribution >= 4 is 21.7 Å². The van der Waals surface area contributed by atoms with Gasteiger partial charge in [-0.3, -0.25) is 9.97 Å². The number of hydrogen-bond acceptors (Lipinski definition) is 2. The molecule has 0 amide bonds. The molecule has 2 heterocycles. The molecule has 0 radical (unpaired) electrons. The summed E-state index contributed by atoms with van der Waals surface area (Å²) in [5.74, 6) is 0. The molecule has 0 aliphatic carbocycles. The largest absolute Gasteiger partial charge is 0.264 e. The van der Waals surface area contributed by atoms with Crippen molar-refractivity contribution in [1.82, 2.24) is 9.97 Å². The number of aromatic nitrogens is 2. The van der Waals surface area contributed by atoms with Gasteiger partial charge < -0.3 is 0 Å². The summed E-state index contributed by atoms with van der Waals surface area (Å²) in [6.45, 7) is 4.35. The van der Waals surface area contributed by atoms with Crippen molar-refractivity contribution in [3.05, 3.63) is 47.9 Å².